The molecule has 1 aromatic rings. The van der Waals surface area contributed by atoms with E-state index in [0.717, 1.165) is 0 Å². The molecule has 1 heterocycles. The van der Waals surface area contributed by atoms with Crippen LogP contribution in [0.15, 0.2) is 6.07 Å². The summed E-state index contributed by atoms with van der Waals surface area (Å²) >= 11 is 0. The fourth-order valence-electron chi connectivity index (χ4n) is 1.01. The molecule has 0 aromatic carbocycles. The number of ether oxygens (including phenoxy) is 1. The van der Waals surface area contributed by atoms with Gasteiger partial charge in [-0.1, -0.05) is 0 Å². The van der Waals surface area contributed by atoms with Gasteiger partial charge in [-0.05, 0) is 6.92 Å². The van der Waals surface area contributed by atoms with Crippen LogP contribution >= 0.6 is 0 Å². The number of rotatable bonds is 4. The molecule has 0 amide bonds. The fourth-order valence-corrected chi connectivity index (χ4v) is 1.01. The second-order valence-corrected chi connectivity index (χ2v) is 3.39. The first-order valence-corrected chi connectivity index (χ1v) is 4.74. The third kappa shape index (κ3) is 3.84. The lowest BCUT2D eigenvalue weighted by Crippen LogP contribution is -2.36. The molecule has 0 bridgehead atoms. The average molecular weight is 265 g/mol. The van der Waals surface area contributed by atoms with Gasteiger partial charge < -0.3 is 15.6 Å². The average Bonchev–Trinajstić information content (AvgIpc) is 2.23. The van der Waals surface area contributed by atoms with Crippen molar-refractivity contribution < 1.29 is 27.8 Å². The molecular formula is C9H10F3N3O3. The van der Waals surface area contributed by atoms with Gasteiger partial charge in [-0.15, -0.1) is 0 Å². The first-order valence-electron chi connectivity index (χ1n) is 4.74. The molecule has 0 radical (unpaired) electrons. The summed E-state index contributed by atoms with van der Waals surface area (Å²) in [5.41, 5.74) is 3.98. The molecule has 0 aliphatic rings. The zero-order valence-corrected chi connectivity index (χ0v) is 9.23. The number of hydrogen-bond donors (Lipinski definition) is 2. The minimum absolute atomic E-state index is 0.135. The molecular weight excluding hydrogens is 255 g/mol. The van der Waals surface area contributed by atoms with Gasteiger partial charge in [0.15, 0.2) is 5.69 Å². The Morgan fingerprint density at radius 3 is 2.67 bits per heavy atom. The molecule has 9 heteroatoms. The van der Waals surface area contributed by atoms with Crippen LogP contribution in [0.1, 0.15) is 11.5 Å². The van der Waals surface area contributed by atoms with Gasteiger partial charge in [0, 0.05) is 6.07 Å². The number of carbonyl (C=O) groups is 1. The number of hydrogen-bond acceptors (Lipinski definition) is 5. The van der Waals surface area contributed by atoms with Crippen molar-refractivity contribution in [1.29, 1.82) is 0 Å². The Hall–Kier alpha value is -1.90. The van der Waals surface area contributed by atoms with Gasteiger partial charge in [-0.2, -0.15) is 18.2 Å². The molecule has 0 aliphatic carbocycles. The third-order valence-corrected chi connectivity index (χ3v) is 1.83. The highest BCUT2D eigenvalue weighted by molar-refractivity contribution is 5.73. The van der Waals surface area contributed by atoms with Crippen LogP contribution in [0.25, 0.3) is 0 Å². The Labute approximate surface area is 99.6 Å². The number of aromatic nitrogens is 2. The van der Waals surface area contributed by atoms with Crippen LogP contribution in [-0.2, 0) is 11.0 Å². The molecule has 0 fully saturated rings. The summed E-state index contributed by atoms with van der Waals surface area (Å²) in [6, 6.07) is -0.753. The second-order valence-electron chi connectivity index (χ2n) is 3.39. The molecule has 1 aromatic heterocycles. The van der Waals surface area contributed by atoms with Crippen LogP contribution in [0.5, 0.6) is 5.88 Å². The van der Waals surface area contributed by atoms with Gasteiger partial charge >= 0.3 is 12.1 Å². The third-order valence-electron chi connectivity index (χ3n) is 1.83. The van der Waals surface area contributed by atoms with Crippen molar-refractivity contribution in [3.05, 3.63) is 17.6 Å². The van der Waals surface area contributed by atoms with Crippen LogP contribution < -0.4 is 10.5 Å². The molecule has 0 spiro atoms. The number of carboxylic acid groups (broad SMARTS) is 1. The molecule has 0 aliphatic heterocycles. The van der Waals surface area contributed by atoms with E-state index in [2.05, 4.69) is 9.97 Å². The number of aliphatic carboxylic acids is 1. The topological polar surface area (TPSA) is 98.3 Å². The number of nitrogens with two attached hydrogens (primary N) is 1. The van der Waals surface area contributed by atoms with Crippen molar-refractivity contribution in [3.8, 4) is 5.88 Å². The Balaban J connectivity index is 2.84. The molecule has 3 N–H and O–H groups in total. The Bertz CT molecular complexity index is 450. The summed E-state index contributed by atoms with van der Waals surface area (Å²) in [6.07, 6.45) is -4.62. The minimum atomic E-state index is -4.62. The predicted molar refractivity (Wildman–Crippen MR) is 52.9 cm³/mol. The van der Waals surface area contributed by atoms with Gasteiger partial charge in [-0.25, -0.2) is 4.98 Å². The maximum absolute atomic E-state index is 12.4. The van der Waals surface area contributed by atoms with Gasteiger partial charge in [-0.3, -0.25) is 4.79 Å². The number of halogens is 3. The van der Waals surface area contributed by atoms with Crippen LogP contribution in [-0.4, -0.2) is 33.7 Å². The zero-order chi connectivity index (χ0) is 13.9. The lowest BCUT2D eigenvalue weighted by atomic mass is 10.3. The van der Waals surface area contributed by atoms with Crippen LogP contribution in [0.3, 0.4) is 0 Å². The van der Waals surface area contributed by atoms with E-state index >= 15 is 0 Å². The van der Waals surface area contributed by atoms with Crippen LogP contribution in [0.4, 0.5) is 13.2 Å². The first kappa shape index (κ1) is 14.2. The van der Waals surface area contributed by atoms with E-state index in [1.165, 1.54) is 6.92 Å². The molecule has 0 saturated carbocycles. The monoisotopic (exact) mass is 265 g/mol. The highest BCUT2D eigenvalue weighted by Gasteiger charge is 2.33. The van der Waals surface area contributed by atoms with E-state index in [-0.39, 0.29) is 11.7 Å². The highest BCUT2D eigenvalue weighted by atomic mass is 19.4. The van der Waals surface area contributed by atoms with E-state index < -0.39 is 30.5 Å². The highest BCUT2D eigenvalue weighted by Crippen LogP contribution is 2.29. The summed E-state index contributed by atoms with van der Waals surface area (Å²) < 4.78 is 42.0. The summed E-state index contributed by atoms with van der Waals surface area (Å²) in [7, 11) is 0. The SMILES string of the molecule is Cc1nc(OCC(N)C(=O)O)cc(C(F)(F)F)n1. The zero-order valence-electron chi connectivity index (χ0n) is 9.23. The van der Waals surface area contributed by atoms with Crippen molar-refractivity contribution in [2.45, 2.75) is 19.1 Å². The summed E-state index contributed by atoms with van der Waals surface area (Å²) in [4.78, 5) is 17.2. The van der Waals surface area contributed by atoms with Crippen molar-refractivity contribution in [3.63, 3.8) is 0 Å². The molecule has 1 atom stereocenters. The Morgan fingerprint density at radius 2 is 2.17 bits per heavy atom. The van der Waals surface area contributed by atoms with Crippen LogP contribution in [0.2, 0.25) is 0 Å². The first-order chi connectivity index (χ1) is 8.20. The Kier molecular flexibility index (Phi) is 4.07. The molecule has 1 rings (SSSR count). The normalized spacial score (nSPS) is 13.2. The van der Waals surface area contributed by atoms with Gasteiger partial charge in [0.25, 0.3) is 0 Å². The molecule has 18 heavy (non-hydrogen) atoms. The van der Waals surface area contributed by atoms with E-state index in [1.807, 2.05) is 0 Å². The van der Waals surface area contributed by atoms with E-state index in [4.69, 9.17) is 15.6 Å². The van der Waals surface area contributed by atoms with E-state index in [1.54, 1.807) is 0 Å². The van der Waals surface area contributed by atoms with Gasteiger partial charge in [0.05, 0.1) is 0 Å². The number of carboxylic acids is 1. The predicted octanol–water partition coefficient (Wildman–Crippen LogP) is 0.595. The quantitative estimate of drug-likeness (QED) is 0.826. The lowest BCUT2D eigenvalue weighted by Gasteiger charge is -2.11. The summed E-state index contributed by atoms with van der Waals surface area (Å²) in [5.74, 6) is -1.83. The molecule has 1 unspecified atom stereocenters. The maximum Gasteiger partial charge on any atom is 0.433 e. The van der Waals surface area contributed by atoms with E-state index in [0.29, 0.717) is 6.07 Å². The summed E-state index contributed by atoms with van der Waals surface area (Å²) in [6.45, 7) is 0.780. The largest absolute Gasteiger partial charge is 0.480 e. The number of aryl methyl sites for hydroxylation is 1. The maximum atomic E-state index is 12.4. The molecule has 100 valence electrons. The summed E-state index contributed by atoms with van der Waals surface area (Å²) in [5, 5.41) is 8.48. The van der Waals surface area contributed by atoms with E-state index in [9.17, 15) is 18.0 Å². The molecule has 0 saturated heterocycles. The fraction of sp³-hybridized carbons (Fsp3) is 0.444. The van der Waals surface area contributed by atoms with Gasteiger partial charge in [0.2, 0.25) is 5.88 Å². The Morgan fingerprint density at radius 1 is 1.56 bits per heavy atom. The van der Waals surface area contributed by atoms with Crippen molar-refractivity contribution >= 4 is 5.97 Å². The number of nitrogens with zero attached hydrogens (tertiary/aromatic N) is 2. The van der Waals surface area contributed by atoms with Crippen molar-refractivity contribution in [2.24, 2.45) is 5.73 Å². The minimum Gasteiger partial charge on any atom is -0.480 e. The number of alkyl halides is 3. The van der Waals surface area contributed by atoms with Gasteiger partial charge in [0.1, 0.15) is 18.5 Å². The van der Waals surface area contributed by atoms with Crippen LogP contribution in [0, 0.1) is 6.92 Å². The standard InChI is InChI=1S/C9H10F3N3O3/c1-4-14-6(9(10,11)12)2-7(15-4)18-3-5(13)8(16)17/h2,5H,3,13H2,1H3,(H,16,17). The second kappa shape index (κ2) is 5.17. The van der Waals surface area contributed by atoms with Crippen molar-refractivity contribution in [1.82, 2.24) is 9.97 Å². The smallest absolute Gasteiger partial charge is 0.433 e. The molecule has 6 nitrogen and oxygen atoms in total. The van der Waals surface area contributed by atoms with Crippen molar-refractivity contribution in [2.75, 3.05) is 6.61 Å². The lowest BCUT2D eigenvalue weighted by molar-refractivity contribution is -0.142.